The molecule has 0 aromatic heterocycles. The first-order valence-electron chi connectivity index (χ1n) is 4.45. The Labute approximate surface area is 79.6 Å². The van der Waals surface area contributed by atoms with Gasteiger partial charge in [-0.3, -0.25) is 0 Å². The first-order valence-corrected chi connectivity index (χ1v) is 5.61. The fourth-order valence-electron chi connectivity index (χ4n) is 1.23. The Morgan fingerprint density at radius 1 is 1.58 bits per heavy atom. The Bertz CT molecular complexity index is 165. The van der Waals surface area contributed by atoms with Crippen molar-refractivity contribution in [3.63, 3.8) is 0 Å². The van der Waals surface area contributed by atoms with Gasteiger partial charge in [-0.15, -0.1) is 0 Å². The summed E-state index contributed by atoms with van der Waals surface area (Å²) in [6, 6.07) is 0. The van der Waals surface area contributed by atoms with E-state index in [-0.39, 0.29) is 0 Å². The van der Waals surface area contributed by atoms with Crippen LogP contribution in [0.5, 0.6) is 0 Å². The van der Waals surface area contributed by atoms with E-state index in [1.165, 1.54) is 23.5 Å². The molecule has 1 rings (SSSR count). The summed E-state index contributed by atoms with van der Waals surface area (Å²) in [4.78, 5) is 0. The van der Waals surface area contributed by atoms with E-state index in [0.29, 0.717) is 5.41 Å². The lowest BCUT2D eigenvalue weighted by Crippen LogP contribution is -2.21. The molecule has 0 aliphatic carbocycles. The fourth-order valence-corrected chi connectivity index (χ4v) is 2.73. The third kappa shape index (κ3) is 3.10. The number of allylic oxidation sites excluding steroid dienone is 1. The van der Waals surface area contributed by atoms with Gasteiger partial charge in [-0.25, -0.2) is 0 Å². The Hall–Kier alpha value is -0.110. The molecule has 0 amide bonds. The van der Waals surface area contributed by atoms with Crippen LogP contribution in [0.25, 0.3) is 0 Å². The zero-order valence-electron chi connectivity index (χ0n) is 8.22. The minimum absolute atomic E-state index is 0.427. The van der Waals surface area contributed by atoms with Crippen LogP contribution in [0, 0.1) is 5.41 Å². The molecule has 0 radical (unpaired) electrons. The molecule has 1 fully saturated rings. The second-order valence-corrected chi connectivity index (χ2v) is 5.22. The molecule has 1 aliphatic rings. The molecule has 0 aromatic rings. The van der Waals surface area contributed by atoms with Crippen LogP contribution in [0.1, 0.15) is 27.2 Å². The number of thioether (sulfide) groups is 1. The lowest BCUT2D eigenvalue weighted by atomic mass is 9.92. The molecule has 0 spiro atoms. The maximum Gasteiger partial charge on any atom is 0.0934 e. The fraction of sp³-hybridized carbons (Fsp3) is 0.800. The number of ether oxygens (including phenoxy) is 1. The summed E-state index contributed by atoms with van der Waals surface area (Å²) in [5, 5.41) is 0. The van der Waals surface area contributed by atoms with Crippen molar-refractivity contribution in [2.45, 2.75) is 27.2 Å². The molecule has 70 valence electrons. The lowest BCUT2D eigenvalue weighted by Gasteiger charge is -2.21. The van der Waals surface area contributed by atoms with Crippen LogP contribution < -0.4 is 0 Å². The summed E-state index contributed by atoms with van der Waals surface area (Å²) in [5.74, 6) is 2.55. The maximum absolute atomic E-state index is 5.51. The third-order valence-corrected chi connectivity index (χ3v) is 3.45. The Morgan fingerprint density at radius 3 is 2.83 bits per heavy atom. The van der Waals surface area contributed by atoms with Crippen molar-refractivity contribution in [1.29, 1.82) is 0 Å². The van der Waals surface area contributed by atoms with E-state index >= 15 is 0 Å². The normalized spacial score (nSPS) is 28.6. The van der Waals surface area contributed by atoms with Crippen LogP contribution in [0.2, 0.25) is 0 Å². The summed E-state index contributed by atoms with van der Waals surface area (Å²) < 4.78 is 5.51. The predicted octanol–water partition coefficient (Wildman–Crippen LogP) is 3.07. The highest BCUT2D eigenvalue weighted by Crippen LogP contribution is 2.35. The first kappa shape index (κ1) is 9.97. The number of hydrogen-bond acceptors (Lipinski definition) is 2. The third-order valence-electron chi connectivity index (χ3n) is 2.05. The van der Waals surface area contributed by atoms with E-state index in [0.717, 1.165) is 6.61 Å². The molecular weight excluding hydrogens is 168 g/mol. The molecule has 12 heavy (non-hydrogen) atoms. The minimum atomic E-state index is 0.427. The van der Waals surface area contributed by atoms with Gasteiger partial charge in [-0.05, 0) is 31.6 Å². The smallest absolute Gasteiger partial charge is 0.0934 e. The molecular formula is C10H18OS. The topological polar surface area (TPSA) is 9.23 Å². The van der Waals surface area contributed by atoms with E-state index < -0.39 is 0 Å². The Kier molecular flexibility index (Phi) is 3.51. The maximum atomic E-state index is 5.51. The second-order valence-electron chi connectivity index (χ2n) is 4.12. The van der Waals surface area contributed by atoms with Gasteiger partial charge in [0.25, 0.3) is 0 Å². The highest BCUT2D eigenvalue weighted by atomic mass is 32.2. The van der Waals surface area contributed by atoms with Gasteiger partial charge < -0.3 is 4.74 Å². The van der Waals surface area contributed by atoms with Gasteiger partial charge in [0.2, 0.25) is 0 Å². The molecule has 1 saturated heterocycles. The average Bonchev–Trinajstić information content (AvgIpc) is 2.35. The predicted molar refractivity (Wildman–Crippen MR) is 55.4 cm³/mol. The van der Waals surface area contributed by atoms with Crippen LogP contribution in [-0.4, -0.2) is 18.1 Å². The first-order chi connectivity index (χ1) is 5.62. The molecule has 1 atom stereocenters. The molecule has 1 unspecified atom stereocenters. The highest BCUT2D eigenvalue weighted by molar-refractivity contribution is 7.99. The van der Waals surface area contributed by atoms with Crippen LogP contribution >= 0.6 is 11.8 Å². The number of hydrogen-bond donors (Lipinski definition) is 0. The molecule has 0 N–H and O–H groups in total. The van der Waals surface area contributed by atoms with Crippen molar-refractivity contribution in [2.75, 3.05) is 18.1 Å². The van der Waals surface area contributed by atoms with E-state index in [4.69, 9.17) is 4.74 Å². The monoisotopic (exact) mass is 186 g/mol. The SMILES string of the molecule is CC(C)=COCC1(C)CCSC1. The zero-order valence-corrected chi connectivity index (χ0v) is 9.04. The van der Waals surface area contributed by atoms with Gasteiger partial charge in [0.1, 0.15) is 0 Å². The molecule has 0 aromatic carbocycles. The van der Waals surface area contributed by atoms with Crippen LogP contribution in [0.3, 0.4) is 0 Å². The molecule has 1 nitrogen and oxygen atoms in total. The summed E-state index contributed by atoms with van der Waals surface area (Å²) in [6.07, 6.45) is 3.17. The highest BCUT2D eigenvalue weighted by Gasteiger charge is 2.29. The largest absolute Gasteiger partial charge is 0.501 e. The minimum Gasteiger partial charge on any atom is -0.501 e. The molecule has 1 aliphatic heterocycles. The van der Waals surface area contributed by atoms with Gasteiger partial charge in [-0.1, -0.05) is 6.92 Å². The average molecular weight is 186 g/mol. The van der Waals surface area contributed by atoms with Crippen molar-refractivity contribution >= 4 is 11.8 Å². The summed E-state index contributed by atoms with van der Waals surface area (Å²) in [5.41, 5.74) is 1.67. The van der Waals surface area contributed by atoms with Gasteiger partial charge in [0.05, 0.1) is 12.9 Å². The second kappa shape index (κ2) is 4.22. The van der Waals surface area contributed by atoms with E-state index in [9.17, 15) is 0 Å². The van der Waals surface area contributed by atoms with E-state index in [2.05, 4.69) is 20.8 Å². The standard InChI is InChI=1S/C10H18OS/c1-9(2)6-11-7-10(3)4-5-12-8-10/h6H,4-5,7-8H2,1-3H3. The molecule has 1 heterocycles. The zero-order chi connectivity index (χ0) is 9.03. The molecule has 0 saturated carbocycles. The van der Waals surface area contributed by atoms with Crippen molar-refractivity contribution in [1.82, 2.24) is 0 Å². The molecule has 0 bridgehead atoms. The summed E-state index contributed by atoms with van der Waals surface area (Å²) in [6.45, 7) is 7.31. The van der Waals surface area contributed by atoms with Crippen LogP contribution in [0.4, 0.5) is 0 Å². The van der Waals surface area contributed by atoms with Crippen molar-refractivity contribution in [2.24, 2.45) is 5.41 Å². The Morgan fingerprint density at radius 2 is 2.33 bits per heavy atom. The van der Waals surface area contributed by atoms with Gasteiger partial charge in [0.15, 0.2) is 0 Å². The summed E-state index contributed by atoms with van der Waals surface area (Å²) in [7, 11) is 0. The van der Waals surface area contributed by atoms with Crippen LogP contribution in [-0.2, 0) is 4.74 Å². The quantitative estimate of drug-likeness (QED) is 0.626. The van der Waals surface area contributed by atoms with E-state index in [1.54, 1.807) is 0 Å². The van der Waals surface area contributed by atoms with Crippen molar-refractivity contribution < 1.29 is 4.74 Å². The van der Waals surface area contributed by atoms with E-state index in [1.807, 2.05) is 18.0 Å². The van der Waals surface area contributed by atoms with Gasteiger partial charge in [-0.2, -0.15) is 11.8 Å². The lowest BCUT2D eigenvalue weighted by molar-refractivity contribution is 0.141. The van der Waals surface area contributed by atoms with Crippen molar-refractivity contribution in [3.05, 3.63) is 11.8 Å². The number of rotatable bonds is 3. The van der Waals surface area contributed by atoms with Crippen molar-refractivity contribution in [3.8, 4) is 0 Å². The van der Waals surface area contributed by atoms with Gasteiger partial charge >= 0.3 is 0 Å². The Balaban J connectivity index is 2.26. The van der Waals surface area contributed by atoms with Crippen LogP contribution in [0.15, 0.2) is 11.8 Å². The van der Waals surface area contributed by atoms with Gasteiger partial charge in [0, 0.05) is 11.2 Å². The molecule has 2 heteroatoms. The summed E-state index contributed by atoms with van der Waals surface area (Å²) >= 11 is 2.04.